The van der Waals surface area contributed by atoms with E-state index in [0.29, 0.717) is 57.1 Å². The molecule has 0 spiro atoms. The predicted octanol–water partition coefficient (Wildman–Crippen LogP) is 4.52. The van der Waals surface area contributed by atoms with Crippen LogP contribution in [0.2, 0.25) is 0 Å². The molecule has 0 saturated heterocycles. The molecular formula is C28H29N5O4. The number of hydrogen-bond donors (Lipinski definition) is 2. The average molecular weight is 500 g/mol. The summed E-state index contributed by atoms with van der Waals surface area (Å²) in [6.45, 7) is 3.04. The fraction of sp³-hybridized carbons (Fsp3) is 0.250. The van der Waals surface area contributed by atoms with E-state index in [2.05, 4.69) is 16.4 Å². The third-order valence-electron chi connectivity index (χ3n) is 5.79. The van der Waals surface area contributed by atoms with Crippen LogP contribution in [-0.4, -0.2) is 61.6 Å². The van der Waals surface area contributed by atoms with Crippen LogP contribution in [0.1, 0.15) is 0 Å². The van der Waals surface area contributed by atoms with Crippen LogP contribution in [0, 0.1) is 0 Å². The smallest absolute Gasteiger partial charge is 0.226 e. The maximum Gasteiger partial charge on any atom is 0.226 e. The number of hydrogen-bond acceptors (Lipinski definition) is 9. The van der Waals surface area contributed by atoms with E-state index in [1.807, 2.05) is 60.7 Å². The van der Waals surface area contributed by atoms with Gasteiger partial charge in [-0.05, 0) is 36.4 Å². The lowest BCUT2D eigenvalue weighted by Gasteiger charge is -2.10. The standard InChI is InChI=1S/C28H29N5O4/c1-34-20-11-9-19(10-12-20)26-31-27(33-28(32-26)30-14-16-36-18-17-35-15-13-29)23-7-4-6-22-21-5-2-3-8-24(21)37-25(22)23/h2-12H,13-18,29H2,1H3,(H,30,31,32,33). The van der Waals surface area contributed by atoms with Gasteiger partial charge in [0.15, 0.2) is 11.6 Å². The van der Waals surface area contributed by atoms with Crippen molar-refractivity contribution in [2.75, 3.05) is 51.9 Å². The van der Waals surface area contributed by atoms with Gasteiger partial charge in [-0.15, -0.1) is 0 Å². The topological polar surface area (TPSA) is 118 Å². The highest BCUT2D eigenvalue weighted by molar-refractivity contribution is 6.09. The molecule has 190 valence electrons. The number of nitrogens with zero attached hydrogens (tertiary/aromatic N) is 3. The van der Waals surface area contributed by atoms with Crippen molar-refractivity contribution in [3.8, 4) is 28.5 Å². The Balaban J connectivity index is 1.45. The first-order valence-corrected chi connectivity index (χ1v) is 12.2. The number of furan rings is 1. The van der Waals surface area contributed by atoms with Gasteiger partial charge >= 0.3 is 0 Å². The molecule has 3 aromatic carbocycles. The molecule has 0 radical (unpaired) electrons. The van der Waals surface area contributed by atoms with E-state index in [4.69, 9.17) is 34.3 Å². The SMILES string of the molecule is COc1ccc(-c2nc(NCCOCCOCCN)nc(-c3cccc4c3oc3ccccc34)n2)cc1. The van der Waals surface area contributed by atoms with Gasteiger partial charge < -0.3 is 29.7 Å². The molecule has 0 saturated carbocycles. The molecule has 5 aromatic rings. The fourth-order valence-electron chi connectivity index (χ4n) is 4.01. The molecule has 3 N–H and O–H groups in total. The van der Waals surface area contributed by atoms with Crippen molar-refractivity contribution in [1.82, 2.24) is 15.0 Å². The summed E-state index contributed by atoms with van der Waals surface area (Å²) in [6.07, 6.45) is 0. The summed E-state index contributed by atoms with van der Waals surface area (Å²) in [5.41, 5.74) is 8.62. The van der Waals surface area contributed by atoms with Crippen LogP contribution in [0.4, 0.5) is 5.95 Å². The van der Waals surface area contributed by atoms with Gasteiger partial charge in [0, 0.05) is 29.4 Å². The molecule has 0 aliphatic heterocycles. The average Bonchev–Trinajstić information content (AvgIpc) is 3.33. The van der Waals surface area contributed by atoms with Gasteiger partial charge in [-0.25, -0.2) is 4.98 Å². The first kappa shape index (κ1) is 24.6. The number of anilines is 1. The highest BCUT2D eigenvalue weighted by Crippen LogP contribution is 2.35. The van der Waals surface area contributed by atoms with Crippen LogP contribution >= 0.6 is 0 Å². The quantitative estimate of drug-likeness (QED) is 0.239. The van der Waals surface area contributed by atoms with Crippen molar-refractivity contribution in [3.05, 3.63) is 66.7 Å². The second kappa shape index (κ2) is 11.8. The zero-order valence-corrected chi connectivity index (χ0v) is 20.6. The summed E-state index contributed by atoms with van der Waals surface area (Å²) in [5, 5.41) is 5.32. The summed E-state index contributed by atoms with van der Waals surface area (Å²) in [7, 11) is 1.64. The number of rotatable bonds is 12. The van der Waals surface area contributed by atoms with Gasteiger partial charge in [-0.2, -0.15) is 9.97 Å². The fourth-order valence-corrected chi connectivity index (χ4v) is 4.01. The lowest BCUT2D eigenvalue weighted by Crippen LogP contribution is -2.16. The molecule has 0 bridgehead atoms. The van der Waals surface area contributed by atoms with E-state index in [9.17, 15) is 0 Å². The van der Waals surface area contributed by atoms with E-state index < -0.39 is 0 Å². The second-order valence-corrected chi connectivity index (χ2v) is 8.26. The minimum atomic E-state index is 0.451. The van der Waals surface area contributed by atoms with E-state index >= 15 is 0 Å². The van der Waals surface area contributed by atoms with E-state index in [1.54, 1.807) is 7.11 Å². The van der Waals surface area contributed by atoms with Crippen LogP contribution in [0.15, 0.2) is 71.1 Å². The van der Waals surface area contributed by atoms with E-state index in [-0.39, 0.29) is 0 Å². The molecule has 0 aliphatic carbocycles. The summed E-state index contributed by atoms with van der Waals surface area (Å²) in [4.78, 5) is 14.2. The van der Waals surface area contributed by atoms with Crippen molar-refractivity contribution in [2.45, 2.75) is 0 Å². The molecule has 0 aliphatic rings. The second-order valence-electron chi connectivity index (χ2n) is 8.26. The summed E-state index contributed by atoms with van der Waals surface area (Å²) >= 11 is 0. The van der Waals surface area contributed by atoms with Crippen molar-refractivity contribution < 1.29 is 18.6 Å². The largest absolute Gasteiger partial charge is 0.497 e. The van der Waals surface area contributed by atoms with Crippen LogP contribution in [0.25, 0.3) is 44.7 Å². The minimum absolute atomic E-state index is 0.451. The Hall–Kier alpha value is -4.05. The monoisotopic (exact) mass is 499 g/mol. The van der Waals surface area contributed by atoms with Crippen molar-refractivity contribution in [3.63, 3.8) is 0 Å². The molecule has 0 unspecified atom stereocenters. The van der Waals surface area contributed by atoms with Crippen LogP contribution in [0.3, 0.4) is 0 Å². The Kier molecular flexibility index (Phi) is 7.85. The van der Waals surface area contributed by atoms with Crippen molar-refractivity contribution in [1.29, 1.82) is 0 Å². The molecule has 0 fully saturated rings. The maximum atomic E-state index is 6.23. The summed E-state index contributed by atoms with van der Waals surface area (Å²) in [6, 6.07) is 21.6. The lowest BCUT2D eigenvalue weighted by molar-refractivity contribution is 0.0547. The van der Waals surface area contributed by atoms with Gasteiger partial charge in [0.05, 0.1) is 39.1 Å². The highest BCUT2D eigenvalue weighted by atomic mass is 16.5. The molecule has 37 heavy (non-hydrogen) atoms. The van der Waals surface area contributed by atoms with Crippen LogP contribution < -0.4 is 15.8 Å². The Bertz CT molecular complexity index is 1470. The number of nitrogens with two attached hydrogens (primary N) is 1. The molecule has 9 heteroatoms. The summed E-state index contributed by atoms with van der Waals surface area (Å²) in [5.74, 6) is 2.27. The van der Waals surface area contributed by atoms with Gasteiger partial charge in [-0.3, -0.25) is 0 Å². The van der Waals surface area contributed by atoms with Gasteiger partial charge in [0.2, 0.25) is 5.95 Å². The lowest BCUT2D eigenvalue weighted by atomic mass is 10.1. The maximum absolute atomic E-state index is 6.23. The zero-order valence-electron chi connectivity index (χ0n) is 20.6. The Labute approximate surface area is 214 Å². The third kappa shape index (κ3) is 5.69. The molecule has 0 atom stereocenters. The number of para-hydroxylation sites is 2. The van der Waals surface area contributed by atoms with E-state index in [0.717, 1.165) is 38.8 Å². The van der Waals surface area contributed by atoms with Gasteiger partial charge in [-0.1, -0.05) is 30.3 Å². The first-order valence-electron chi connectivity index (χ1n) is 12.2. The number of aromatic nitrogens is 3. The van der Waals surface area contributed by atoms with E-state index in [1.165, 1.54) is 0 Å². The normalized spacial score (nSPS) is 11.3. The Morgan fingerprint density at radius 2 is 1.54 bits per heavy atom. The molecule has 9 nitrogen and oxygen atoms in total. The van der Waals surface area contributed by atoms with Gasteiger partial charge in [0.25, 0.3) is 0 Å². The van der Waals surface area contributed by atoms with Crippen molar-refractivity contribution >= 4 is 27.9 Å². The Morgan fingerprint density at radius 3 is 2.35 bits per heavy atom. The molecular weight excluding hydrogens is 470 g/mol. The highest BCUT2D eigenvalue weighted by Gasteiger charge is 2.16. The molecule has 0 amide bonds. The number of nitrogens with one attached hydrogen (secondary N) is 1. The molecule has 2 heterocycles. The minimum Gasteiger partial charge on any atom is -0.497 e. The summed E-state index contributed by atoms with van der Waals surface area (Å²) < 4.78 is 22.5. The van der Waals surface area contributed by atoms with Crippen LogP contribution in [0.5, 0.6) is 5.75 Å². The van der Waals surface area contributed by atoms with Crippen molar-refractivity contribution in [2.24, 2.45) is 5.73 Å². The number of benzene rings is 3. The molecule has 5 rings (SSSR count). The third-order valence-corrected chi connectivity index (χ3v) is 5.79. The Morgan fingerprint density at radius 1 is 0.784 bits per heavy atom. The zero-order chi connectivity index (χ0) is 25.5. The van der Waals surface area contributed by atoms with Crippen LogP contribution in [-0.2, 0) is 9.47 Å². The number of fused-ring (bicyclic) bond motifs is 3. The first-order chi connectivity index (χ1) is 18.3. The van der Waals surface area contributed by atoms with Gasteiger partial charge in [0.1, 0.15) is 16.9 Å². The number of ether oxygens (including phenoxy) is 3. The molecule has 2 aromatic heterocycles. The number of methoxy groups -OCH3 is 1. The predicted molar refractivity (Wildman–Crippen MR) is 144 cm³/mol.